The fourth-order valence-electron chi connectivity index (χ4n) is 2.91. The van der Waals surface area contributed by atoms with Crippen molar-refractivity contribution in [3.05, 3.63) is 30.6 Å². The summed E-state index contributed by atoms with van der Waals surface area (Å²) in [6.45, 7) is 9.36. The number of ether oxygens (including phenoxy) is 1. The molecule has 3 rings (SSSR count). The molecule has 1 aliphatic heterocycles. The lowest BCUT2D eigenvalue weighted by Crippen LogP contribution is -3.00. The first kappa shape index (κ1) is 16.5. The van der Waals surface area contributed by atoms with Crippen LogP contribution in [-0.2, 0) is 17.8 Å². The Morgan fingerprint density at radius 2 is 1.90 bits per heavy atom. The Hall–Kier alpha value is -0.910. The van der Waals surface area contributed by atoms with Crippen molar-refractivity contribution in [2.24, 2.45) is 0 Å². The van der Waals surface area contributed by atoms with Crippen molar-refractivity contribution >= 4 is 11.0 Å². The van der Waals surface area contributed by atoms with Crippen LogP contribution in [0.3, 0.4) is 0 Å². The molecule has 1 aliphatic rings. The SMILES string of the molecule is CCC[n+]1cn(CCN2CCOCC2)c2ccccc21.[Br-]. The van der Waals surface area contributed by atoms with Crippen molar-refractivity contribution in [3.8, 4) is 0 Å². The minimum atomic E-state index is 0. The van der Waals surface area contributed by atoms with Gasteiger partial charge in [-0.2, -0.15) is 0 Å². The quantitative estimate of drug-likeness (QED) is 0.621. The zero-order valence-corrected chi connectivity index (χ0v) is 14.3. The summed E-state index contributed by atoms with van der Waals surface area (Å²) in [6, 6.07) is 8.70. The number of imidazole rings is 1. The van der Waals surface area contributed by atoms with Crippen molar-refractivity contribution in [2.75, 3.05) is 32.8 Å². The highest BCUT2D eigenvalue weighted by molar-refractivity contribution is 5.71. The summed E-state index contributed by atoms with van der Waals surface area (Å²) in [5, 5.41) is 0. The second-order valence-corrected chi connectivity index (χ2v) is 5.44. The van der Waals surface area contributed by atoms with Crippen LogP contribution < -0.4 is 21.5 Å². The van der Waals surface area contributed by atoms with Crippen molar-refractivity contribution < 1.29 is 26.3 Å². The Morgan fingerprint density at radius 1 is 1.14 bits per heavy atom. The van der Waals surface area contributed by atoms with E-state index in [9.17, 15) is 0 Å². The van der Waals surface area contributed by atoms with E-state index < -0.39 is 0 Å². The number of aryl methyl sites for hydroxylation is 1. The van der Waals surface area contributed by atoms with E-state index in [4.69, 9.17) is 4.74 Å². The average Bonchev–Trinajstić information content (AvgIpc) is 2.85. The molecule has 2 heterocycles. The summed E-state index contributed by atoms with van der Waals surface area (Å²) in [4.78, 5) is 2.49. The van der Waals surface area contributed by atoms with Crippen LogP contribution in [0.1, 0.15) is 13.3 Å². The number of nitrogens with zero attached hydrogens (tertiary/aromatic N) is 3. The van der Waals surface area contributed by atoms with Crippen LogP contribution in [0.2, 0.25) is 0 Å². The molecule has 1 saturated heterocycles. The molecule has 0 spiro atoms. The zero-order valence-electron chi connectivity index (χ0n) is 12.7. The summed E-state index contributed by atoms with van der Waals surface area (Å²) in [7, 11) is 0. The van der Waals surface area contributed by atoms with E-state index in [1.54, 1.807) is 0 Å². The topological polar surface area (TPSA) is 21.3 Å². The molecule has 1 fully saturated rings. The second kappa shape index (κ2) is 7.92. The van der Waals surface area contributed by atoms with Crippen LogP contribution in [0.15, 0.2) is 30.6 Å². The minimum absolute atomic E-state index is 0. The molecule has 1 aromatic carbocycles. The molecule has 2 aromatic rings. The summed E-state index contributed by atoms with van der Waals surface area (Å²) in [6.07, 6.45) is 3.44. The average molecular weight is 354 g/mol. The molecule has 0 atom stereocenters. The number of rotatable bonds is 5. The summed E-state index contributed by atoms with van der Waals surface area (Å²) in [5.74, 6) is 0. The smallest absolute Gasteiger partial charge is 0.244 e. The second-order valence-electron chi connectivity index (χ2n) is 5.44. The highest BCUT2D eigenvalue weighted by Gasteiger charge is 2.16. The first-order valence-electron chi connectivity index (χ1n) is 7.66. The fourth-order valence-corrected chi connectivity index (χ4v) is 2.91. The predicted octanol–water partition coefficient (Wildman–Crippen LogP) is -1.32. The first-order chi connectivity index (χ1) is 9.88. The van der Waals surface area contributed by atoms with Gasteiger partial charge in [-0.25, -0.2) is 9.13 Å². The summed E-state index contributed by atoms with van der Waals surface area (Å²) >= 11 is 0. The molecule has 0 aliphatic carbocycles. The molecular formula is C16H24BrN3O. The van der Waals surface area contributed by atoms with Gasteiger partial charge >= 0.3 is 0 Å². The molecule has 21 heavy (non-hydrogen) atoms. The highest BCUT2D eigenvalue weighted by Crippen LogP contribution is 2.11. The number of hydrogen-bond acceptors (Lipinski definition) is 2. The minimum Gasteiger partial charge on any atom is -1.00 e. The van der Waals surface area contributed by atoms with Gasteiger partial charge in [0.05, 0.1) is 19.8 Å². The van der Waals surface area contributed by atoms with Crippen LogP contribution >= 0.6 is 0 Å². The van der Waals surface area contributed by atoms with Crippen molar-refractivity contribution in [3.63, 3.8) is 0 Å². The maximum atomic E-state index is 5.41. The van der Waals surface area contributed by atoms with Crippen LogP contribution in [0.25, 0.3) is 11.0 Å². The van der Waals surface area contributed by atoms with E-state index in [0.717, 1.165) is 45.9 Å². The van der Waals surface area contributed by atoms with Crippen LogP contribution in [0.5, 0.6) is 0 Å². The van der Waals surface area contributed by atoms with Gasteiger partial charge in [-0.1, -0.05) is 19.1 Å². The third kappa shape index (κ3) is 3.84. The van der Waals surface area contributed by atoms with Crippen LogP contribution in [-0.4, -0.2) is 42.3 Å². The summed E-state index contributed by atoms with van der Waals surface area (Å²) < 4.78 is 10.2. The van der Waals surface area contributed by atoms with Crippen molar-refractivity contribution in [1.29, 1.82) is 0 Å². The normalized spacial score (nSPS) is 16.0. The first-order valence-corrected chi connectivity index (χ1v) is 7.66. The Morgan fingerprint density at radius 3 is 2.67 bits per heavy atom. The molecule has 0 amide bonds. The third-order valence-electron chi connectivity index (χ3n) is 4.00. The maximum absolute atomic E-state index is 5.41. The molecule has 116 valence electrons. The van der Waals surface area contributed by atoms with Gasteiger partial charge in [0, 0.05) is 19.6 Å². The summed E-state index contributed by atoms with van der Waals surface area (Å²) in [5.41, 5.74) is 2.69. The van der Waals surface area contributed by atoms with Gasteiger partial charge in [0.1, 0.15) is 6.54 Å². The van der Waals surface area contributed by atoms with Gasteiger partial charge in [0.2, 0.25) is 6.33 Å². The van der Waals surface area contributed by atoms with E-state index in [2.05, 4.69) is 51.6 Å². The standard InChI is InChI=1S/C16H24N3O.BrH/c1-2-7-18-14-19(16-6-4-3-5-15(16)18)9-8-17-10-12-20-13-11-17;/h3-6,14H,2,7-13H2,1H3;1H/q+1;/p-1. The molecule has 4 nitrogen and oxygen atoms in total. The van der Waals surface area contributed by atoms with Crippen LogP contribution in [0.4, 0.5) is 0 Å². The number of fused-ring (bicyclic) bond motifs is 1. The monoisotopic (exact) mass is 353 g/mol. The molecule has 5 heteroatoms. The number of aromatic nitrogens is 2. The molecule has 0 N–H and O–H groups in total. The van der Waals surface area contributed by atoms with Gasteiger partial charge in [-0.05, 0) is 18.6 Å². The number of halogens is 1. The number of hydrogen-bond donors (Lipinski definition) is 0. The molecule has 0 saturated carbocycles. The van der Waals surface area contributed by atoms with Gasteiger partial charge in [-0.3, -0.25) is 4.90 Å². The van der Waals surface area contributed by atoms with Crippen LogP contribution in [0, 0.1) is 0 Å². The Balaban J connectivity index is 0.00000161. The molecule has 0 radical (unpaired) electrons. The van der Waals surface area contributed by atoms with Gasteiger partial charge < -0.3 is 21.7 Å². The number of morpholine rings is 1. The molecule has 0 unspecified atom stereocenters. The fraction of sp³-hybridized carbons (Fsp3) is 0.562. The van der Waals surface area contributed by atoms with E-state index in [-0.39, 0.29) is 17.0 Å². The largest absolute Gasteiger partial charge is 1.00 e. The Bertz CT molecular complexity index is 564. The van der Waals surface area contributed by atoms with E-state index in [1.807, 2.05) is 0 Å². The van der Waals surface area contributed by atoms with Gasteiger partial charge in [0.15, 0.2) is 11.0 Å². The van der Waals surface area contributed by atoms with E-state index in [0.29, 0.717) is 0 Å². The zero-order chi connectivity index (χ0) is 13.8. The third-order valence-corrected chi connectivity index (χ3v) is 4.00. The van der Waals surface area contributed by atoms with E-state index >= 15 is 0 Å². The molecular weight excluding hydrogens is 330 g/mol. The highest BCUT2D eigenvalue weighted by atomic mass is 79.9. The Labute approximate surface area is 137 Å². The van der Waals surface area contributed by atoms with Crippen molar-refractivity contribution in [2.45, 2.75) is 26.4 Å². The maximum Gasteiger partial charge on any atom is 0.244 e. The lowest BCUT2D eigenvalue weighted by atomic mass is 10.3. The van der Waals surface area contributed by atoms with Gasteiger partial charge in [0.25, 0.3) is 0 Å². The Kier molecular flexibility index (Phi) is 6.21. The van der Waals surface area contributed by atoms with Crippen molar-refractivity contribution in [1.82, 2.24) is 9.47 Å². The lowest BCUT2D eigenvalue weighted by molar-refractivity contribution is -0.672. The lowest BCUT2D eigenvalue weighted by Gasteiger charge is -2.25. The molecule has 1 aromatic heterocycles. The number of benzene rings is 1. The van der Waals surface area contributed by atoms with Gasteiger partial charge in [-0.15, -0.1) is 0 Å². The van der Waals surface area contributed by atoms with E-state index in [1.165, 1.54) is 17.5 Å². The molecule has 0 bridgehead atoms. The number of para-hydroxylation sites is 2. The predicted molar refractivity (Wildman–Crippen MR) is 79.7 cm³/mol.